The highest BCUT2D eigenvalue weighted by atomic mass is 16.5. The Hall–Kier alpha value is -0.610. The quantitative estimate of drug-likeness (QED) is 0.762. The fourth-order valence-electron chi connectivity index (χ4n) is 2.34. The van der Waals surface area contributed by atoms with E-state index in [1.165, 1.54) is 0 Å². The molecular formula is C14H28N2O2. The van der Waals surface area contributed by atoms with Gasteiger partial charge in [-0.3, -0.25) is 4.79 Å². The molecule has 0 aliphatic carbocycles. The van der Waals surface area contributed by atoms with Gasteiger partial charge in [0.1, 0.15) is 6.10 Å². The molecule has 1 amide bonds. The van der Waals surface area contributed by atoms with Crippen molar-refractivity contribution in [2.75, 3.05) is 6.54 Å². The molecule has 18 heavy (non-hydrogen) atoms. The third-order valence-electron chi connectivity index (χ3n) is 3.77. The Bertz CT molecular complexity index is 254. The highest BCUT2D eigenvalue weighted by Gasteiger charge is 2.26. The number of rotatable bonds is 6. The summed E-state index contributed by atoms with van der Waals surface area (Å²) >= 11 is 0. The Kier molecular flexibility index (Phi) is 6.65. The first-order chi connectivity index (χ1) is 8.58. The summed E-state index contributed by atoms with van der Waals surface area (Å²) in [5.41, 5.74) is 0. The van der Waals surface area contributed by atoms with Gasteiger partial charge in [0.05, 0.1) is 6.10 Å². The zero-order chi connectivity index (χ0) is 13.5. The smallest absolute Gasteiger partial charge is 0.249 e. The molecule has 4 nitrogen and oxygen atoms in total. The van der Waals surface area contributed by atoms with Gasteiger partial charge >= 0.3 is 0 Å². The van der Waals surface area contributed by atoms with E-state index in [1.54, 1.807) is 0 Å². The molecule has 1 aliphatic rings. The second-order valence-electron chi connectivity index (χ2n) is 5.22. The lowest BCUT2D eigenvalue weighted by molar-refractivity contribution is -0.138. The van der Waals surface area contributed by atoms with E-state index in [4.69, 9.17) is 4.74 Å². The number of ether oxygens (including phenoxy) is 1. The van der Waals surface area contributed by atoms with Gasteiger partial charge in [-0.25, -0.2) is 0 Å². The minimum atomic E-state index is -0.363. The van der Waals surface area contributed by atoms with Crippen molar-refractivity contribution in [3.63, 3.8) is 0 Å². The number of nitrogens with one attached hydrogen (secondary N) is 2. The van der Waals surface area contributed by atoms with Crippen LogP contribution < -0.4 is 10.6 Å². The van der Waals surface area contributed by atoms with Crippen molar-refractivity contribution in [3.8, 4) is 0 Å². The van der Waals surface area contributed by atoms with Crippen LogP contribution in [0.1, 0.15) is 53.4 Å². The van der Waals surface area contributed by atoms with Gasteiger partial charge < -0.3 is 15.4 Å². The molecule has 0 aromatic rings. The molecule has 1 saturated heterocycles. The van der Waals surface area contributed by atoms with Gasteiger partial charge in [0.2, 0.25) is 5.91 Å². The minimum absolute atomic E-state index is 0.0153. The monoisotopic (exact) mass is 256 g/mol. The van der Waals surface area contributed by atoms with Crippen LogP contribution in [0.5, 0.6) is 0 Å². The molecule has 1 rings (SSSR count). The van der Waals surface area contributed by atoms with Gasteiger partial charge in [-0.1, -0.05) is 13.8 Å². The zero-order valence-electron chi connectivity index (χ0n) is 12.2. The van der Waals surface area contributed by atoms with Gasteiger partial charge in [0.15, 0.2) is 0 Å². The van der Waals surface area contributed by atoms with Crippen molar-refractivity contribution in [1.29, 1.82) is 0 Å². The second kappa shape index (κ2) is 7.74. The summed E-state index contributed by atoms with van der Waals surface area (Å²) in [5, 5.41) is 6.42. The van der Waals surface area contributed by atoms with Gasteiger partial charge in [-0.2, -0.15) is 0 Å². The van der Waals surface area contributed by atoms with Gasteiger partial charge in [-0.15, -0.1) is 0 Å². The zero-order valence-corrected chi connectivity index (χ0v) is 12.2. The molecule has 0 aromatic heterocycles. The van der Waals surface area contributed by atoms with E-state index >= 15 is 0 Å². The first kappa shape index (κ1) is 15.4. The van der Waals surface area contributed by atoms with Crippen LogP contribution in [0.15, 0.2) is 0 Å². The molecule has 4 heteroatoms. The van der Waals surface area contributed by atoms with Crippen LogP contribution in [0.3, 0.4) is 0 Å². The van der Waals surface area contributed by atoms with Crippen LogP contribution in [0.25, 0.3) is 0 Å². The molecule has 2 N–H and O–H groups in total. The Balaban J connectivity index is 2.38. The number of carbonyl (C=O) groups excluding carboxylic acids is 1. The summed E-state index contributed by atoms with van der Waals surface area (Å²) in [6, 6.07) is 0.604. The van der Waals surface area contributed by atoms with Crippen molar-refractivity contribution in [2.45, 2.75) is 77.7 Å². The van der Waals surface area contributed by atoms with Crippen LogP contribution in [-0.4, -0.2) is 36.7 Å². The van der Waals surface area contributed by atoms with Crippen LogP contribution in [-0.2, 0) is 9.53 Å². The normalized spacial score (nSPS) is 26.1. The van der Waals surface area contributed by atoms with E-state index in [2.05, 4.69) is 31.4 Å². The van der Waals surface area contributed by atoms with E-state index in [9.17, 15) is 4.79 Å². The Morgan fingerprint density at radius 1 is 1.44 bits per heavy atom. The molecule has 1 aliphatic heterocycles. The molecule has 0 saturated carbocycles. The molecule has 0 aromatic carbocycles. The first-order valence-electron chi connectivity index (χ1n) is 7.27. The van der Waals surface area contributed by atoms with E-state index in [-0.39, 0.29) is 24.2 Å². The lowest BCUT2D eigenvalue weighted by Gasteiger charge is -2.32. The van der Waals surface area contributed by atoms with Crippen LogP contribution in [0.4, 0.5) is 0 Å². The molecule has 1 fully saturated rings. The maximum absolute atomic E-state index is 12.0. The maximum Gasteiger partial charge on any atom is 0.249 e. The molecule has 106 valence electrons. The third kappa shape index (κ3) is 4.58. The standard InChI is InChI=1S/C14H28N2O2/c1-5-12(6-2)16-14(17)11(4)18-13-8-7-9-15-10(13)3/h10-13,15H,5-9H2,1-4H3,(H,16,17). The molecule has 3 unspecified atom stereocenters. The Labute approximate surface area is 111 Å². The first-order valence-corrected chi connectivity index (χ1v) is 7.27. The van der Waals surface area contributed by atoms with E-state index in [0.717, 1.165) is 32.2 Å². The number of piperidine rings is 1. The fraction of sp³-hybridized carbons (Fsp3) is 0.929. The molecule has 1 heterocycles. The minimum Gasteiger partial charge on any atom is -0.364 e. The SMILES string of the molecule is CCC(CC)NC(=O)C(C)OC1CCCNC1C. The summed E-state index contributed by atoms with van der Waals surface area (Å²) < 4.78 is 5.88. The topological polar surface area (TPSA) is 50.4 Å². The van der Waals surface area contributed by atoms with Crippen molar-refractivity contribution >= 4 is 5.91 Å². The average molecular weight is 256 g/mol. The largest absolute Gasteiger partial charge is 0.364 e. The highest BCUT2D eigenvalue weighted by molar-refractivity contribution is 5.80. The Morgan fingerprint density at radius 2 is 2.11 bits per heavy atom. The van der Waals surface area contributed by atoms with Crippen molar-refractivity contribution in [2.24, 2.45) is 0 Å². The summed E-state index contributed by atoms with van der Waals surface area (Å²) in [7, 11) is 0. The second-order valence-corrected chi connectivity index (χ2v) is 5.22. The molecule has 3 atom stereocenters. The Morgan fingerprint density at radius 3 is 2.67 bits per heavy atom. The van der Waals surface area contributed by atoms with Crippen LogP contribution >= 0.6 is 0 Å². The van der Waals surface area contributed by atoms with E-state index in [0.29, 0.717) is 6.04 Å². The summed E-state index contributed by atoms with van der Waals surface area (Å²) in [5.74, 6) is 0.0153. The molecular weight excluding hydrogens is 228 g/mol. The summed E-state index contributed by atoms with van der Waals surface area (Å²) in [6.45, 7) is 9.20. The molecule has 0 radical (unpaired) electrons. The lowest BCUT2D eigenvalue weighted by Crippen LogP contribution is -2.48. The predicted molar refractivity (Wildman–Crippen MR) is 73.5 cm³/mol. The number of hydrogen-bond donors (Lipinski definition) is 2. The summed E-state index contributed by atoms with van der Waals surface area (Å²) in [4.78, 5) is 12.0. The molecule has 0 spiro atoms. The van der Waals surface area contributed by atoms with E-state index in [1.807, 2.05) is 6.92 Å². The third-order valence-corrected chi connectivity index (χ3v) is 3.77. The van der Waals surface area contributed by atoms with Gasteiger partial charge in [-0.05, 0) is 46.1 Å². The number of hydrogen-bond acceptors (Lipinski definition) is 3. The number of carbonyl (C=O) groups is 1. The lowest BCUT2D eigenvalue weighted by atomic mass is 10.0. The van der Waals surface area contributed by atoms with Crippen molar-refractivity contribution in [3.05, 3.63) is 0 Å². The fourth-order valence-corrected chi connectivity index (χ4v) is 2.34. The average Bonchev–Trinajstić information content (AvgIpc) is 2.38. The van der Waals surface area contributed by atoms with Gasteiger partial charge in [0.25, 0.3) is 0 Å². The predicted octanol–water partition coefficient (Wildman–Crippen LogP) is 1.84. The summed E-state index contributed by atoms with van der Waals surface area (Å²) in [6.07, 6.45) is 3.89. The molecule has 0 bridgehead atoms. The highest BCUT2D eigenvalue weighted by Crippen LogP contribution is 2.14. The van der Waals surface area contributed by atoms with Crippen molar-refractivity contribution in [1.82, 2.24) is 10.6 Å². The maximum atomic E-state index is 12.0. The van der Waals surface area contributed by atoms with Gasteiger partial charge in [0, 0.05) is 12.1 Å². The van der Waals surface area contributed by atoms with E-state index < -0.39 is 0 Å². The number of amides is 1. The van der Waals surface area contributed by atoms with Crippen LogP contribution in [0, 0.1) is 0 Å². The van der Waals surface area contributed by atoms with Crippen molar-refractivity contribution < 1.29 is 9.53 Å². The van der Waals surface area contributed by atoms with Crippen LogP contribution in [0.2, 0.25) is 0 Å².